The number of hydrogen-bond acceptors (Lipinski definition) is 2. The van der Waals surface area contributed by atoms with Gasteiger partial charge in [-0.2, -0.15) is 0 Å². The van der Waals surface area contributed by atoms with E-state index in [0.717, 1.165) is 22.4 Å². The van der Waals surface area contributed by atoms with Gasteiger partial charge in [0.15, 0.2) is 0 Å². The number of phenolic OH excluding ortho intramolecular Hbond substituents is 1. The van der Waals surface area contributed by atoms with Gasteiger partial charge in [0.1, 0.15) is 5.75 Å². The SMILES string of the molecule is Cc1cc(C)c(N=Cc2ccccc2O)c(C)c1. The Labute approximate surface area is 108 Å². The Bertz CT molecular complexity index is 577. The van der Waals surface area contributed by atoms with E-state index in [-0.39, 0.29) is 5.75 Å². The summed E-state index contributed by atoms with van der Waals surface area (Å²) in [4.78, 5) is 4.49. The van der Waals surface area contributed by atoms with Crippen LogP contribution in [0, 0.1) is 20.8 Å². The molecule has 18 heavy (non-hydrogen) atoms. The van der Waals surface area contributed by atoms with Gasteiger partial charge in [0.2, 0.25) is 0 Å². The number of para-hydroxylation sites is 1. The molecule has 0 aliphatic rings. The Hall–Kier alpha value is -2.09. The van der Waals surface area contributed by atoms with Crippen LogP contribution in [-0.4, -0.2) is 11.3 Å². The number of rotatable bonds is 2. The molecule has 92 valence electrons. The van der Waals surface area contributed by atoms with E-state index in [1.54, 1.807) is 18.3 Å². The first-order valence-electron chi connectivity index (χ1n) is 5.98. The Kier molecular flexibility index (Phi) is 3.47. The minimum atomic E-state index is 0.253. The zero-order valence-electron chi connectivity index (χ0n) is 10.9. The zero-order chi connectivity index (χ0) is 13.1. The van der Waals surface area contributed by atoms with Crippen LogP contribution in [0.3, 0.4) is 0 Å². The molecule has 2 heteroatoms. The highest BCUT2D eigenvalue weighted by Crippen LogP contribution is 2.25. The van der Waals surface area contributed by atoms with Gasteiger partial charge < -0.3 is 5.11 Å². The van der Waals surface area contributed by atoms with E-state index in [2.05, 4.69) is 37.9 Å². The van der Waals surface area contributed by atoms with Crippen molar-refractivity contribution >= 4 is 11.9 Å². The van der Waals surface area contributed by atoms with Gasteiger partial charge in [0.25, 0.3) is 0 Å². The molecule has 0 bridgehead atoms. The lowest BCUT2D eigenvalue weighted by Gasteiger charge is -2.06. The highest BCUT2D eigenvalue weighted by molar-refractivity contribution is 5.85. The van der Waals surface area contributed by atoms with Crippen molar-refractivity contribution in [1.82, 2.24) is 0 Å². The normalized spacial score (nSPS) is 11.1. The standard InChI is InChI=1S/C16H17NO/c1-11-8-12(2)16(13(3)9-11)17-10-14-6-4-5-7-15(14)18/h4-10,18H,1-3H3. The Morgan fingerprint density at radius 1 is 1.00 bits per heavy atom. The molecule has 0 spiro atoms. The van der Waals surface area contributed by atoms with E-state index < -0.39 is 0 Å². The number of nitrogens with zero attached hydrogens (tertiary/aromatic N) is 1. The van der Waals surface area contributed by atoms with Crippen LogP contribution in [0.4, 0.5) is 5.69 Å². The molecule has 0 saturated carbocycles. The van der Waals surface area contributed by atoms with Crippen molar-refractivity contribution in [3.63, 3.8) is 0 Å². The van der Waals surface area contributed by atoms with Crippen molar-refractivity contribution in [3.05, 3.63) is 58.7 Å². The van der Waals surface area contributed by atoms with E-state index in [9.17, 15) is 5.11 Å². The molecule has 0 aliphatic heterocycles. The first-order valence-corrected chi connectivity index (χ1v) is 5.98. The number of phenols is 1. The summed E-state index contributed by atoms with van der Waals surface area (Å²) in [5.41, 5.74) is 5.26. The highest BCUT2D eigenvalue weighted by Gasteiger charge is 2.02. The third-order valence-corrected chi connectivity index (χ3v) is 2.90. The minimum Gasteiger partial charge on any atom is -0.507 e. The Balaban J connectivity index is 2.38. The average molecular weight is 239 g/mol. The summed E-state index contributed by atoms with van der Waals surface area (Å²) >= 11 is 0. The summed E-state index contributed by atoms with van der Waals surface area (Å²) in [6.07, 6.45) is 1.71. The number of hydrogen-bond donors (Lipinski definition) is 1. The molecule has 2 nitrogen and oxygen atoms in total. The van der Waals surface area contributed by atoms with E-state index in [4.69, 9.17) is 0 Å². The van der Waals surface area contributed by atoms with Gasteiger partial charge in [-0.05, 0) is 44.0 Å². The predicted molar refractivity (Wildman–Crippen MR) is 76.0 cm³/mol. The lowest BCUT2D eigenvalue weighted by Crippen LogP contribution is -1.86. The average Bonchev–Trinajstić information content (AvgIpc) is 2.30. The van der Waals surface area contributed by atoms with E-state index in [0.29, 0.717) is 0 Å². The second-order valence-electron chi connectivity index (χ2n) is 4.56. The summed E-state index contributed by atoms with van der Waals surface area (Å²) in [5.74, 6) is 0.253. The topological polar surface area (TPSA) is 32.6 Å². The van der Waals surface area contributed by atoms with Gasteiger partial charge in [-0.1, -0.05) is 29.8 Å². The molecule has 0 atom stereocenters. The summed E-state index contributed by atoms with van der Waals surface area (Å²) < 4.78 is 0. The lowest BCUT2D eigenvalue weighted by molar-refractivity contribution is 0.474. The molecule has 0 heterocycles. The number of aryl methyl sites for hydroxylation is 3. The van der Waals surface area contributed by atoms with Crippen LogP contribution in [0.25, 0.3) is 0 Å². The highest BCUT2D eigenvalue weighted by atomic mass is 16.3. The molecular formula is C16H17NO. The molecule has 2 rings (SSSR count). The van der Waals surface area contributed by atoms with Crippen molar-refractivity contribution in [2.45, 2.75) is 20.8 Å². The van der Waals surface area contributed by atoms with E-state index >= 15 is 0 Å². The lowest BCUT2D eigenvalue weighted by atomic mass is 10.1. The number of aliphatic imine (C=N–C) groups is 1. The molecule has 0 saturated heterocycles. The third-order valence-electron chi connectivity index (χ3n) is 2.90. The van der Waals surface area contributed by atoms with Gasteiger partial charge in [0.05, 0.1) is 5.69 Å². The zero-order valence-corrected chi connectivity index (χ0v) is 10.9. The summed E-state index contributed by atoms with van der Waals surface area (Å²) in [6, 6.07) is 11.4. The van der Waals surface area contributed by atoms with Crippen LogP contribution < -0.4 is 0 Å². The van der Waals surface area contributed by atoms with Crippen molar-refractivity contribution in [1.29, 1.82) is 0 Å². The molecule has 0 fully saturated rings. The monoisotopic (exact) mass is 239 g/mol. The molecule has 0 radical (unpaired) electrons. The fourth-order valence-corrected chi connectivity index (χ4v) is 2.11. The maximum absolute atomic E-state index is 9.68. The summed E-state index contributed by atoms with van der Waals surface area (Å²) in [7, 11) is 0. The maximum Gasteiger partial charge on any atom is 0.124 e. The molecule has 2 aromatic rings. The van der Waals surface area contributed by atoms with E-state index in [1.165, 1.54) is 5.56 Å². The molecule has 2 aromatic carbocycles. The van der Waals surface area contributed by atoms with Gasteiger partial charge in [-0.15, -0.1) is 0 Å². The molecule has 0 amide bonds. The first kappa shape index (κ1) is 12.4. The van der Waals surface area contributed by atoms with Crippen molar-refractivity contribution in [2.75, 3.05) is 0 Å². The predicted octanol–water partition coefficient (Wildman–Crippen LogP) is 4.07. The van der Waals surface area contributed by atoms with Crippen LogP contribution in [0.5, 0.6) is 5.75 Å². The smallest absolute Gasteiger partial charge is 0.124 e. The van der Waals surface area contributed by atoms with E-state index in [1.807, 2.05) is 12.1 Å². The fourth-order valence-electron chi connectivity index (χ4n) is 2.11. The van der Waals surface area contributed by atoms with Crippen molar-refractivity contribution in [3.8, 4) is 5.75 Å². The summed E-state index contributed by atoms with van der Waals surface area (Å²) in [6.45, 7) is 6.19. The van der Waals surface area contributed by atoms with Gasteiger partial charge >= 0.3 is 0 Å². The first-order chi connectivity index (χ1) is 8.58. The van der Waals surface area contributed by atoms with Gasteiger partial charge in [0, 0.05) is 11.8 Å². The second-order valence-corrected chi connectivity index (χ2v) is 4.56. The largest absolute Gasteiger partial charge is 0.507 e. The molecule has 0 aromatic heterocycles. The maximum atomic E-state index is 9.68. The van der Waals surface area contributed by atoms with Crippen LogP contribution in [0.2, 0.25) is 0 Å². The van der Waals surface area contributed by atoms with Gasteiger partial charge in [-0.25, -0.2) is 0 Å². The molecular weight excluding hydrogens is 222 g/mol. The fraction of sp³-hybridized carbons (Fsp3) is 0.188. The quantitative estimate of drug-likeness (QED) is 0.787. The van der Waals surface area contributed by atoms with Crippen LogP contribution in [0.1, 0.15) is 22.3 Å². The van der Waals surface area contributed by atoms with Crippen molar-refractivity contribution in [2.24, 2.45) is 4.99 Å². The van der Waals surface area contributed by atoms with Gasteiger partial charge in [-0.3, -0.25) is 4.99 Å². The number of aromatic hydroxyl groups is 1. The van der Waals surface area contributed by atoms with Crippen LogP contribution >= 0.6 is 0 Å². The molecule has 0 aliphatic carbocycles. The Morgan fingerprint density at radius 2 is 1.61 bits per heavy atom. The number of benzene rings is 2. The molecule has 0 unspecified atom stereocenters. The van der Waals surface area contributed by atoms with Crippen molar-refractivity contribution < 1.29 is 5.11 Å². The Morgan fingerprint density at radius 3 is 2.22 bits per heavy atom. The summed E-state index contributed by atoms with van der Waals surface area (Å²) in [5, 5.41) is 9.68. The van der Waals surface area contributed by atoms with Crippen LogP contribution in [0.15, 0.2) is 41.4 Å². The van der Waals surface area contributed by atoms with Crippen LogP contribution in [-0.2, 0) is 0 Å². The third kappa shape index (κ3) is 2.59. The molecule has 1 N–H and O–H groups in total. The minimum absolute atomic E-state index is 0.253. The second kappa shape index (κ2) is 5.05.